The lowest BCUT2D eigenvalue weighted by atomic mass is 10.1. The van der Waals surface area contributed by atoms with E-state index >= 15 is 0 Å². The van der Waals surface area contributed by atoms with Crippen LogP contribution in [-0.2, 0) is 4.74 Å². The largest absolute Gasteiger partial charge is 0.444 e. The fourth-order valence-corrected chi connectivity index (χ4v) is 3.35. The molecule has 3 rings (SSSR count). The van der Waals surface area contributed by atoms with Gasteiger partial charge in [-0.2, -0.15) is 18.4 Å². The monoisotopic (exact) mass is 521 g/mol. The van der Waals surface area contributed by atoms with Gasteiger partial charge in [0.1, 0.15) is 24.0 Å². The van der Waals surface area contributed by atoms with Gasteiger partial charge in [0.15, 0.2) is 17.2 Å². The lowest BCUT2D eigenvalue weighted by Gasteiger charge is -2.24. The van der Waals surface area contributed by atoms with Crippen molar-refractivity contribution in [3.8, 4) is 6.07 Å². The Labute approximate surface area is 210 Å². The fraction of sp³-hybridized carbons (Fsp3) is 0.500. The van der Waals surface area contributed by atoms with Crippen LogP contribution in [0.5, 0.6) is 0 Å². The second-order valence-electron chi connectivity index (χ2n) is 9.28. The molecule has 1 aliphatic rings. The van der Waals surface area contributed by atoms with Gasteiger partial charge < -0.3 is 25.6 Å². The van der Waals surface area contributed by atoms with Crippen LogP contribution >= 0.6 is 0 Å². The zero-order valence-corrected chi connectivity index (χ0v) is 20.4. The molecular weight excluding hydrogens is 495 g/mol. The summed E-state index contributed by atoms with van der Waals surface area (Å²) in [7, 11) is 0. The molecule has 0 saturated carbocycles. The number of carbonyl (C=O) groups is 2. The molecule has 1 atom stereocenters. The number of likely N-dealkylation sites (tertiary alicyclic amines) is 1. The van der Waals surface area contributed by atoms with E-state index < -0.39 is 30.3 Å². The predicted octanol–water partition coefficient (Wildman–Crippen LogP) is 2.84. The molecule has 198 valence electrons. The number of nitrogens with one attached hydrogen (secondary N) is 3. The van der Waals surface area contributed by atoms with Crippen molar-refractivity contribution in [3.63, 3.8) is 0 Å². The van der Waals surface area contributed by atoms with Crippen molar-refractivity contribution in [2.24, 2.45) is 5.92 Å². The maximum Gasteiger partial charge on any atom is 0.410 e. The molecular formula is C22H26F3N9O3. The second kappa shape index (κ2) is 11.2. The van der Waals surface area contributed by atoms with Crippen LogP contribution in [0.25, 0.3) is 0 Å². The highest BCUT2D eigenvalue weighted by molar-refractivity contribution is 5.97. The summed E-state index contributed by atoms with van der Waals surface area (Å²) in [6.07, 6.45) is -1.83. The van der Waals surface area contributed by atoms with Crippen LogP contribution < -0.4 is 16.0 Å². The Morgan fingerprint density at radius 1 is 1.19 bits per heavy atom. The number of nitriles is 1. The molecule has 12 nitrogen and oxygen atoms in total. The zero-order valence-electron chi connectivity index (χ0n) is 20.4. The minimum absolute atomic E-state index is 0.00688. The quantitative estimate of drug-likeness (QED) is 0.495. The molecule has 37 heavy (non-hydrogen) atoms. The van der Waals surface area contributed by atoms with Gasteiger partial charge in [0, 0.05) is 25.7 Å². The number of hydrogen-bond donors (Lipinski definition) is 3. The fourth-order valence-electron chi connectivity index (χ4n) is 3.35. The average Bonchev–Trinajstić information content (AvgIpc) is 3.30. The number of anilines is 3. The third-order valence-corrected chi connectivity index (χ3v) is 5.00. The lowest BCUT2D eigenvalue weighted by Crippen LogP contribution is -2.36. The summed E-state index contributed by atoms with van der Waals surface area (Å²) in [4.78, 5) is 34.2. The minimum Gasteiger partial charge on any atom is -0.444 e. The van der Waals surface area contributed by atoms with Crippen LogP contribution in [-0.4, -0.2) is 75.0 Å². The number of halogens is 3. The summed E-state index contributed by atoms with van der Waals surface area (Å²) in [5.41, 5.74) is -0.720. The molecule has 3 N–H and O–H groups in total. The Kier molecular flexibility index (Phi) is 8.31. The van der Waals surface area contributed by atoms with Gasteiger partial charge in [0.2, 0.25) is 0 Å². The summed E-state index contributed by atoms with van der Waals surface area (Å²) >= 11 is 0. The van der Waals surface area contributed by atoms with Gasteiger partial charge in [-0.1, -0.05) is 0 Å². The smallest absolute Gasteiger partial charge is 0.410 e. The molecule has 0 radical (unpaired) electrons. The average molecular weight is 522 g/mol. The van der Waals surface area contributed by atoms with Crippen LogP contribution in [0.3, 0.4) is 0 Å². The van der Waals surface area contributed by atoms with Crippen molar-refractivity contribution < 1.29 is 27.5 Å². The Morgan fingerprint density at radius 2 is 1.95 bits per heavy atom. The summed E-state index contributed by atoms with van der Waals surface area (Å²) in [6, 6.07) is 3.24. The van der Waals surface area contributed by atoms with Gasteiger partial charge >= 0.3 is 12.3 Å². The molecule has 0 aliphatic carbocycles. The third kappa shape index (κ3) is 8.44. The summed E-state index contributed by atoms with van der Waals surface area (Å²) < 4.78 is 43.2. The standard InChI is InChI=1S/C22H26F3N9O3/c1-21(2,3)37-20(36)34-5-4-13(11-34)8-28-15-6-16(31-17-10-27-14(7-26)9-29-17)32-33-18(15)19(35)30-12-22(23,24)25/h6,9-10,13H,4-5,8,11-12H2,1-3H3,(H,30,35)(H2,28,29,31,32). The van der Waals surface area contributed by atoms with Crippen LogP contribution in [0.15, 0.2) is 18.5 Å². The second-order valence-corrected chi connectivity index (χ2v) is 9.28. The Hall–Kier alpha value is -4.22. The first kappa shape index (κ1) is 27.4. The molecule has 1 aliphatic heterocycles. The lowest BCUT2D eigenvalue weighted by molar-refractivity contribution is -0.123. The molecule has 2 amide bonds. The molecule has 2 aromatic rings. The number of amides is 2. The van der Waals surface area contributed by atoms with Crippen molar-refractivity contribution in [1.82, 2.24) is 30.4 Å². The first-order valence-electron chi connectivity index (χ1n) is 11.3. The minimum atomic E-state index is -4.60. The van der Waals surface area contributed by atoms with Gasteiger partial charge in [-0.3, -0.25) is 4.79 Å². The van der Waals surface area contributed by atoms with E-state index in [4.69, 9.17) is 10.00 Å². The molecule has 0 aromatic carbocycles. The van der Waals surface area contributed by atoms with Crippen LogP contribution in [0.1, 0.15) is 43.4 Å². The molecule has 1 fully saturated rings. The SMILES string of the molecule is CC(C)(C)OC(=O)N1CCC(CNc2cc(Nc3cnc(C#N)cn3)nnc2C(=O)NCC(F)(F)F)C1. The number of alkyl halides is 3. The van der Waals surface area contributed by atoms with E-state index in [1.807, 2.05) is 6.07 Å². The zero-order chi connectivity index (χ0) is 27.2. The first-order valence-corrected chi connectivity index (χ1v) is 11.3. The van der Waals surface area contributed by atoms with E-state index in [2.05, 4.69) is 30.8 Å². The van der Waals surface area contributed by atoms with Gasteiger partial charge in [-0.15, -0.1) is 10.2 Å². The molecule has 1 saturated heterocycles. The normalized spacial score (nSPS) is 15.6. The topological polar surface area (TPSA) is 158 Å². The van der Waals surface area contributed by atoms with E-state index in [9.17, 15) is 22.8 Å². The van der Waals surface area contributed by atoms with Gasteiger partial charge in [0.25, 0.3) is 5.91 Å². The van der Waals surface area contributed by atoms with Crippen molar-refractivity contribution in [2.75, 3.05) is 36.8 Å². The molecule has 15 heteroatoms. The third-order valence-electron chi connectivity index (χ3n) is 5.00. The van der Waals surface area contributed by atoms with Crippen molar-refractivity contribution >= 4 is 29.3 Å². The summed E-state index contributed by atoms with van der Waals surface area (Å²) in [5.74, 6) is -0.695. The Balaban J connectivity index is 1.73. The van der Waals surface area contributed by atoms with Crippen molar-refractivity contribution in [2.45, 2.75) is 39.0 Å². The van der Waals surface area contributed by atoms with E-state index in [1.165, 1.54) is 18.5 Å². The van der Waals surface area contributed by atoms with Crippen LogP contribution in [0.2, 0.25) is 0 Å². The van der Waals surface area contributed by atoms with E-state index in [1.54, 1.807) is 31.0 Å². The van der Waals surface area contributed by atoms with E-state index in [-0.39, 0.29) is 34.6 Å². The Morgan fingerprint density at radius 3 is 2.57 bits per heavy atom. The Bertz CT molecular complexity index is 1160. The molecule has 0 spiro atoms. The molecule has 3 heterocycles. The highest BCUT2D eigenvalue weighted by atomic mass is 19.4. The summed E-state index contributed by atoms with van der Waals surface area (Å²) in [6.45, 7) is 4.99. The molecule has 1 unspecified atom stereocenters. The van der Waals surface area contributed by atoms with Crippen LogP contribution in [0, 0.1) is 17.2 Å². The van der Waals surface area contributed by atoms with Gasteiger partial charge in [0.05, 0.1) is 18.1 Å². The van der Waals surface area contributed by atoms with Crippen molar-refractivity contribution in [3.05, 3.63) is 29.8 Å². The number of ether oxygens (including phenoxy) is 1. The van der Waals surface area contributed by atoms with E-state index in [0.29, 0.717) is 26.1 Å². The number of hydrogen-bond acceptors (Lipinski definition) is 10. The maximum atomic E-state index is 12.6. The molecule has 0 bridgehead atoms. The number of carbonyl (C=O) groups excluding carboxylic acids is 2. The predicted molar refractivity (Wildman–Crippen MR) is 125 cm³/mol. The van der Waals surface area contributed by atoms with Crippen LogP contribution in [0.4, 0.5) is 35.3 Å². The highest BCUT2D eigenvalue weighted by Crippen LogP contribution is 2.23. The summed E-state index contributed by atoms with van der Waals surface area (Å²) in [5, 5.41) is 24.1. The number of rotatable bonds is 7. The van der Waals surface area contributed by atoms with E-state index in [0.717, 1.165) is 0 Å². The van der Waals surface area contributed by atoms with Gasteiger partial charge in [-0.25, -0.2) is 14.8 Å². The highest BCUT2D eigenvalue weighted by Gasteiger charge is 2.31. The maximum absolute atomic E-state index is 12.6. The number of nitrogens with zero attached hydrogens (tertiary/aromatic N) is 6. The molecule has 2 aromatic heterocycles. The number of aromatic nitrogens is 4. The van der Waals surface area contributed by atoms with Crippen molar-refractivity contribution in [1.29, 1.82) is 5.26 Å². The van der Waals surface area contributed by atoms with Gasteiger partial charge in [-0.05, 0) is 33.1 Å². The first-order chi connectivity index (χ1) is 17.3.